The number of hydrogen-bond acceptors (Lipinski definition) is 7. The Balaban J connectivity index is 1.77. The number of esters is 1. The number of carbonyl (C=O) groups is 4. The van der Waals surface area contributed by atoms with Crippen molar-refractivity contribution in [3.05, 3.63) is 121 Å². The van der Waals surface area contributed by atoms with Crippen molar-refractivity contribution in [3.63, 3.8) is 0 Å². The topological polar surface area (TPSA) is 120 Å². The lowest BCUT2D eigenvalue weighted by Gasteiger charge is -2.52. The molecule has 0 radical (unpaired) electrons. The van der Waals surface area contributed by atoms with Crippen molar-refractivity contribution in [2.75, 3.05) is 13.2 Å². The van der Waals surface area contributed by atoms with Crippen molar-refractivity contribution in [3.8, 4) is 0 Å². The number of Topliss-reactive ketones (excluding diaryl/α,β-unsaturated/α-hetero) is 1. The molecule has 1 fully saturated rings. The van der Waals surface area contributed by atoms with Crippen molar-refractivity contribution in [1.82, 2.24) is 20.0 Å². The third-order valence-electron chi connectivity index (χ3n) is 10.9. The van der Waals surface area contributed by atoms with Crippen LogP contribution in [0.5, 0.6) is 0 Å². The number of rotatable bonds is 16. The highest BCUT2D eigenvalue weighted by molar-refractivity contribution is 7.96. The normalized spacial score (nSPS) is 16.4. The second-order valence-electron chi connectivity index (χ2n) is 15.8. The lowest BCUT2D eigenvalue weighted by Crippen LogP contribution is -2.69. The molecule has 2 amide bonds. The molecule has 10 nitrogen and oxygen atoms in total. The van der Waals surface area contributed by atoms with Gasteiger partial charge in [0.1, 0.15) is 17.7 Å². The Morgan fingerprint density at radius 3 is 1.93 bits per heavy atom. The summed E-state index contributed by atoms with van der Waals surface area (Å²) in [4.78, 5) is 57.6. The predicted molar refractivity (Wildman–Crippen MR) is 228 cm³/mol. The molecule has 1 aliphatic rings. The molecule has 0 unspecified atom stereocenters. The van der Waals surface area contributed by atoms with E-state index >= 15 is 4.79 Å². The van der Waals surface area contributed by atoms with E-state index in [1.165, 1.54) is 13.0 Å². The molecule has 3 aromatic carbocycles. The molecular weight excluding hydrogens is 740 g/mol. The summed E-state index contributed by atoms with van der Waals surface area (Å²) in [5, 5.41) is 9.81. The molecule has 12 heteroatoms. The largest absolute Gasteiger partial charge is 0.457 e. The highest BCUT2D eigenvalue weighted by Gasteiger charge is 2.57. The fourth-order valence-corrected chi connectivity index (χ4v) is 13.0. The van der Waals surface area contributed by atoms with Crippen LogP contribution in [0.3, 0.4) is 0 Å². The summed E-state index contributed by atoms with van der Waals surface area (Å²) in [5.74, 6) is -2.12. The van der Waals surface area contributed by atoms with Gasteiger partial charge in [0, 0.05) is 32.5 Å². The molecular formula is C44H55N4O6PSi. The zero-order chi connectivity index (χ0) is 40.8. The van der Waals surface area contributed by atoms with Gasteiger partial charge in [0.2, 0.25) is 11.8 Å². The molecule has 296 valence electrons. The van der Waals surface area contributed by atoms with Crippen molar-refractivity contribution >= 4 is 60.1 Å². The number of aryl methyl sites for hydroxylation is 1. The van der Waals surface area contributed by atoms with Crippen molar-refractivity contribution in [1.29, 1.82) is 0 Å². The molecule has 4 aromatic rings. The quantitative estimate of drug-likeness (QED) is 0.0370. The maximum Gasteiger partial charge on any atom is 0.356 e. The Morgan fingerprint density at radius 2 is 1.46 bits per heavy atom. The maximum absolute atomic E-state index is 15.1. The minimum Gasteiger partial charge on any atom is -0.457 e. The summed E-state index contributed by atoms with van der Waals surface area (Å²) in [6.07, 6.45) is 0.836. The summed E-state index contributed by atoms with van der Waals surface area (Å²) < 4.78 is 14.5. The van der Waals surface area contributed by atoms with E-state index in [0.29, 0.717) is 13.1 Å². The Hall–Kier alpha value is -4.83. The van der Waals surface area contributed by atoms with Gasteiger partial charge in [0.25, 0.3) is 0 Å². The van der Waals surface area contributed by atoms with Crippen molar-refractivity contribution in [2.45, 2.75) is 84.8 Å². The van der Waals surface area contributed by atoms with Crippen molar-refractivity contribution < 1.29 is 28.3 Å². The van der Waals surface area contributed by atoms with Gasteiger partial charge in [-0.05, 0) is 54.0 Å². The van der Waals surface area contributed by atoms with Crippen LogP contribution in [0.2, 0.25) is 18.1 Å². The number of nitrogens with one attached hydrogen (secondary N) is 1. The van der Waals surface area contributed by atoms with Gasteiger partial charge >= 0.3 is 5.97 Å². The molecule has 3 atom stereocenters. The van der Waals surface area contributed by atoms with Gasteiger partial charge in [-0.2, -0.15) is 5.10 Å². The van der Waals surface area contributed by atoms with E-state index < -0.39 is 39.2 Å². The lowest BCUT2D eigenvalue weighted by molar-refractivity contribution is -0.156. The third-order valence-corrected chi connectivity index (χ3v) is 19.7. The molecule has 2 heterocycles. The van der Waals surface area contributed by atoms with Crippen LogP contribution in [0.4, 0.5) is 0 Å². The maximum atomic E-state index is 15.1. The Labute approximate surface area is 332 Å². The van der Waals surface area contributed by atoms with Crippen LogP contribution in [-0.2, 0) is 30.1 Å². The van der Waals surface area contributed by atoms with Crippen LogP contribution < -0.4 is 21.2 Å². The highest BCUT2D eigenvalue weighted by atomic mass is 31.2. The van der Waals surface area contributed by atoms with E-state index in [2.05, 4.69) is 50.9 Å². The molecule has 1 N–H and O–H groups in total. The van der Waals surface area contributed by atoms with E-state index in [1.54, 1.807) is 15.6 Å². The van der Waals surface area contributed by atoms with Crippen LogP contribution in [0.15, 0.2) is 110 Å². The summed E-state index contributed by atoms with van der Waals surface area (Å²) in [6.45, 7) is 17.2. The van der Waals surface area contributed by atoms with E-state index in [0.717, 1.165) is 21.6 Å². The second-order valence-corrected chi connectivity index (χ2v) is 23.8. The van der Waals surface area contributed by atoms with Gasteiger partial charge in [-0.25, -0.2) is 4.79 Å². The Kier molecular flexibility index (Phi) is 13.2. The monoisotopic (exact) mass is 794 g/mol. The van der Waals surface area contributed by atoms with Crippen LogP contribution in [0.25, 0.3) is 0 Å². The summed E-state index contributed by atoms with van der Waals surface area (Å²) in [5.41, 5.74) is 1.19. The molecule has 0 saturated carbocycles. The van der Waals surface area contributed by atoms with Gasteiger partial charge in [-0.1, -0.05) is 124 Å². The van der Waals surface area contributed by atoms with Gasteiger partial charge in [-0.3, -0.25) is 19.1 Å². The number of amides is 2. The van der Waals surface area contributed by atoms with Gasteiger partial charge in [0.05, 0.1) is 24.6 Å². The van der Waals surface area contributed by atoms with Gasteiger partial charge < -0.3 is 19.4 Å². The number of ketones is 1. The molecule has 0 aliphatic carbocycles. The first-order valence-corrected chi connectivity index (χ1v) is 23.8. The molecule has 5 rings (SSSR count). The van der Waals surface area contributed by atoms with E-state index in [9.17, 15) is 14.4 Å². The standard InChI is InChI=1S/C44H55N4O6PSi/c1-10-28-53-43(52)42(55(34-20-14-11-15-21-34,35-22-16-12-17-23-35)36-24-18-13-19-25-36)48-38(40(41(48)51)32(3)54-56(8,9)44(5,6)7)30-39(50)37-29-31(2)47(46-37)27-26-45-33(4)49/h10-25,29,32,38,40H,1,26-28,30H2,2-9H3,(H,45,49)/t32-,38-,40-/m1/s1. The smallest absolute Gasteiger partial charge is 0.356 e. The first-order chi connectivity index (χ1) is 26.5. The summed E-state index contributed by atoms with van der Waals surface area (Å²) >= 11 is 0. The first kappa shape index (κ1) is 42.3. The second kappa shape index (κ2) is 17.5. The highest BCUT2D eigenvalue weighted by Crippen LogP contribution is 2.50. The van der Waals surface area contributed by atoms with Crippen molar-refractivity contribution in [2.24, 2.45) is 5.92 Å². The number of carbonyl (C=O) groups excluding carboxylic acids is 4. The Morgan fingerprint density at radius 1 is 0.946 bits per heavy atom. The number of likely N-dealkylation sites (tertiary alicyclic amines) is 1. The van der Waals surface area contributed by atoms with Gasteiger partial charge in [0.15, 0.2) is 14.1 Å². The number of ether oxygens (including phenoxy) is 1. The third kappa shape index (κ3) is 8.60. The number of nitrogens with zero attached hydrogens (tertiary/aromatic N) is 3. The first-order valence-electron chi connectivity index (χ1n) is 19.1. The lowest BCUT2D eigenvalue weighted by atomic mass is 9.80. The molecule has 1 saturated heterocycles. The minimum atomic E-state index is -3.20. The van der Waals surface area contributed by atoms with Crippen LogP contribution in [0.1, 0.15) is 57.2 Å². The van der Waals surface area contributed by atoms with E-state index in [-0.39, 0.29) is 46.8 Å². The molecule has 0 spiro atoms. The number of benzene rings is 3. The summed E-state index contributed by atoms with van der Waals surface area (Å²) in [7, 11) is -2.39. The fourth-order valence-electron chi connectivity index (χ4n) is 7.15. The van der Waals surface area contributed by atoms with Crippen LogP contribution in [0, 0.1) is 12.8 Å². The molecule has 56 heavy (non-hydrogen) atoms. The fraction of sp³-hybridized carbons (Fsp3) is 0.364. The Bertz CT molecular complexity index is 2010. The number of β-lactam (4-membered cyclic amide) rings is 1. The number of aromatic nitrogens is 2. The predicted octanol–water partition coefficient (Wildman–Crippen LogP) is 5.99. The van der Waals surface area contributed by atoms with Crippen LogP contribution >= 0.6 is 6.89 Å². The van der Waals surface area contributed by atoms with Crippen LogP contribution in [-0.4, -0.2) is 77.3 Å². The molecule has 1 aliphatic heterocycles. The minimum absolute atomic E-state index is 0.0736. The van der Waals surface area contributed by atoms with Gasteiger partial charge in [-0.15, -0.1) is 0 Å². The summed E-state index contributed by atoms with van der Waals surface area (Å²) in [6, 6.07) is 30.3. The molecule has 1 aromatic heterocycles. The average molecular weight is 795 g/mol. The number of hydrogen-bond donors (Lipinski definition) is 1. The zero-order valence-corrected chi connectivity index (χ0v) is 35.7. The zero-order valence-electron chi connectivity index (χ0n) is 33.8. The SMILES string of the molecule is C=CCOC(=O)C(N1C(=O)[C@H]([C@@H](C)O[Si](C)(C)C(C)(C)C)[C@H]1CC(=O)c1cc(C)n(CCNC(C)=O)n1)=P(c1ccccc1)(c1ccccc1)c1ccccc1. The average Bonchev–Trinajstić information content (AvgIpc) is 3.53. The van der Waals surface area contributed by atoms with E-state index in [4.69, 9.17) is 9.16 Å². The molecule has 0 bridgehead atoms. The van der Waals surface area contributed by atoms with E-state index in [1.807, 2.05) is 105 Å².